The molecule has 0 aliphatic rings. The number of nitrogens with one attached hydrogen (secondary N) is 4. The van der Waals surface area contributed by atoms with Crippen molar-refractivity contribution < 1.29 is 4.79 Å². The molecule has 0 fully saturated rings. The predicted molar refractivity (Wildman–Crippen MR) is 84.7 cm³/mol. The minimum Gasteiger partial charge on any atom is -0.332 e. The molecule has 0 saturated carbocycles. The van der Waals surface area contributed by atoms with E-state index in [-0.39, 0.29) is 16.9 Å². The molecule has 6 nitrogen and oxygen atoms in total. The Morgan fingerprint density at radius 3 is 2.62 bits per heavy atom. The van der Waals surface area contributed by atoms with E-state index in [0.29, 0.717) is 12.2 Å². The average Bonchev–Trinajstić information content (AvgIpc) is 2.91. The van der Waals surface area contributed by atoms with Gasteiger partial charge in [0.25, 0.3) is 0 Å². The molecule has 2 rings (SSSR count). The van der Waals surface area contributed by atoms with E-state index in [1.54, 1.807) is 5.38 Å². The van der Waals surface area contributed by atoms with Gasteiger partial charge in [-0.3, -0.25) is 4.79 Å². The lowest BCUT2D eigenvalue weighted by Gasteiger charge is -2.12. The average molecular weight is 306 g/mol. The molecule has 2 amide bonds. The fourth-order valence-corrected chi connectivity index (χ4v) is 2.35. The van der Waals surface area contributed by atoms with Crippen LogP contribution in [0, 0.1) is 0 Å². The van der Waals surface area contributed by atoms with Crippen LogP contribution in [0.25, 0.3) is 0 Å². The summed E-state index contributed by atoms with van der Waals surface area (Å²) in [7, 11) is 1.90. The van der Waals surface area contributed by atoms with Gasteiger partial charge in [0.1, 0.15) is 0 Å². The number of aromatic amines is 1. The van der Waals surface area contributed by atoms with Crippen LogP contribution in [0.1, 0.15) is 24.2 Å². The van der Waals surface area contributed by atoms with Crippen molar-refractivity contribution in [3.8, 4) is 0 Å². The van der Waals surface area contributed by atoms with Crippen molar-refractivity contribution in [1.29, 1.82) is 0 Å². The first-order chi connectivity index (χ1) is 10.1. The lowest BCUT2D eigenvalue weighted by atomic mass is 10.1. The lowest BCUT2D eigenvalue weighted by molar-refractivity contribution is 0.251. The summed E-state index contributed by atoms with van der Waals surface area (Å²) in [6.07, 6.45) is 0. The van der Waals surface area contributed by atoms with Gasteiger partial charge >= 0.3 is 10.9 Å². The summed E-state index contributed by atoms with van der Waals surface area (Å²) < 4.78 is 0. The molecule has 1 heterocycles. The van der Waals surface area contributed by atoms with Crippen LogP contribution >= 0.6 is 11.3 Å². The van der Waals surface area contributed by atoms with E-state index in [9.17, 15) is 9.59 Å². The van der Waals surface area contributed by atoms with Gasteiger partial charge in [-0.1, -0.05) is 23.5 Å². The number of anilines is 1. The maximum Gasteiger partial charge on any atom is 0.319 e. The third-order valence-electron chi connectivity index (χ3n) is 3.11. The Balaban J connectivity index is 1.86. The number of rotatable bonds is 5. The first-order valence-corrected chi connectivity index (χ1v) is 7.45. The molecule has 2 aromatic rings. The van der Waals surface area contributed by atoms with E-state index in [1.165, 1.54) is 0 Å². The highest BCUT2D eigenvalue weighted by Gasteiger charge is 2.05. The number of hydrogen-bond acceptors (Lipinski definition) is 4. The standard InChI is InChI=1S/C14H18N4O2S/c1-9(15-2)10-3-5-11(6-4-10)17-13(19)16-7-12-8-21-14(20)18-12/h3-6,8-9,15H,7H2,1-2H3,(H,18,20)(H2,16,17,19). The minimum absolute atomic E-state index is 0.124. The van der Waals surface area contributed by atoms with Crippen LogP contribution in [0.3, 0.4) is 0 Å². The predicted octanol–water partition coefficient (Wildman–Crippen LogP) is 2.04. The number of H-pyrrole nitrogens is 1. The number of amides is 2. The molecule has 0 spiro atoms. The maximum atomic E-state index is 11.7. The Kier molecular flexibility index (Phi) is 5.13. The van der Waals surface area contributed by atoms with Gasteiger partial charge in [0.05, 0.1) is 6.54 Å². The highest BCUT2D eigenvalue weighted by Crippen LogP contribution is 2.15. The highest BCUT2D eigenvalue weighted by atomic mass is 32.1. The van der Waals surface area contributed by atoms with E-state index in [4.69, 9.17) is 0 Å². The Morgan fingerprint density at radius 1 is 1.33 bits per heavy atom. The highest BCUT2D eigenvalue weighted by molar-refractivity contribution is 7.07. The van der Waals surface area contributed by atoms with Crippen LogP contribution in [0.4, 0.5) is 10.5 Å². The molecule has 1 aromatic heterocycles. The van der Waals surface area contributed by atoms with Gasteiger partial charge < -0.3 is 20.9 Å². The van der Waals surface area contributed by atoms with Crippen LogP contribution in [0.5, 0.6) is 0 Å². The van der Waals surface area contributed by atoms with Gasteiger partial charge in [-0.2, -0.15) is 0 Å². The monoisotopic (exact) mass is 306 g/mol. The van der Waals surface area contributed by atoms with Crippen molar-refractivity contribution in [2.24, 2.45) is 0 Å². The Hall–Kier alpha value is -2.12. The second-order valence-electron chi connectivity index (χ2n) is 4.61. The van der Waals surface area contributed by atoms with Gasteiger partial charge in [-0.15, -0.1) is 0 Å². The second-order valence-corrected chi connectivity index (χ2v) is 5.46. The fourth-order valence-electron chi connectivity index (χ4n) is 1.77. The van der Waals surface area contributed by atoms with E-state index in [0.717, 1.165) is 22.6 Å². The van der Waals surface area contributed by atoms with Crippen LogP contribution in [-0.2, 0) is 6.54 Å². The van der Waals surface area contributed by atoms with Gasteiger partial charge in [-0.25, -0.2) is 4.79 Å². The number of benzene rings is 1. The summed E-state index contributed by atoms with van der Waals surface area (Å²) in [4.78, 5) is 25.2. The number of thiazole rings is 1. The molecule has 0 aliphatic carbocycles. The minimum atomic E-state index is -0.309. The lowest BCUT2D eigenvalue weighted by Crippen LogP contribution is -2.28. The summed E-state index contributed by atoms with van der Waals surface area (Å²) in [5, 5.41) is 10.3. The molecular formula is C14H18N4O2S. The fraction of sp³-hybridized carbons (Fsp3) is 0.286. The molecule has 1 aromatic carbocycles. The number of hydrogen-bond donors (Lipinski definition) is 4. The molecular weight excluding hydrogens is 288 g/mol. The molecule has 1 atom stereocenters. The van der Waals surface area contributed by atoms with Crippen molar-refractivity contribution in [2.75, 3.05) is 12.4 Å². The first kappa shape index (κ1) is 15.3. The molecule has 0 bridgehead atoms. The van der Waals surface area contributed by atoms with Gasteiger partial charge in [0.15, 0.2) is 0 Å². The summed E-state index contributed by atoms with van der Waals surface area (Å²) in [6, 6.07) is 7.60. The Morgan fingerprint density at radius 2 is 2.05 bits per heavy atom. The molecule has 0 aliphatic heterocycles. The smallest absolute Gasteiger partial charge is 0.319 e. The largest absolute Gasteiger partial charge is 0.332 e. The number of carbonyl (C=O) groups excluding carboxylic acids is 1. The van der Waals surface area contributed by atoms with Crippen LogP contribution < -0.4 is 20.8 Å². The molecule has 112 valence electrons. The van der Waals surface area contributed by atoms with Crippen molar-refractivity contribution >= 4 is 23.1 Å². The number of carbonyl (C=O) groups is 1. The SMILES string of the molecule is CNC(C)c1ccc(NC(=O)NCc2csc(=O)[nH]2)cc1. The van der Waals surface area contributed by atoms with Gasteiger partial charge in [0, 0.05) is 22.8 Å². The van der Waals surface area contributed by atoms with Crippen molar-refractivity contribution in [1.82, 2.24) is 15.6 Å². The van der Waals surface area contributed by atoms with E-state index in [1.807, 2.05) is 31.3 Å². The second kappa shape index (κ2) is 7.05. The maximum absolute atomic E-state index is 11.7. The molecule has 21 heavy (non-hydrogen) atoms. The van der Waals surface area contributed by atoms with Crippen LogP contribution in [0.15, 0.2) is 34.4 Å². The zero-order valence-electron chi connectivity index (χ0n) is 11.9. The zero-order chi connectivity index (χ0) is 15.2. The van der Waals surface area contributed by atoms with Gasteiger partial charge in [0.2, 0.25) is 0 Å². The molecule has 1 unspecified atom stereocenters. The van der Waals surface area contributed by atoms with E-state index in [2.05, 4.69) is 27.9 Å². The van der Waals surface area contributed by atoms with E-state index < -0.39 is 0 Å². The Bertz CT molecular complexity index is 647. The zero-order valence-corrected chi connectivity index (χ0v) is 12.7. The van der Waals surface area contributed by atoms with Crippen molar-refractivity contribution in [3.63, 3.8) is 0 Å². The van der Waals surface area contributed by atoms with Gasteiger partial charge in [-0.05, 0) is 31.7 Å². The molecule has 0 saturated heterocycles. The summed E-state index contributed by atoms with van der Waals surface area (Å²) in [5.74, 6) is 0. The summed E-state index contributed by atoms with van der Waals surface area (Å²) in [5.41, 5.74) is 2.57. The van der Waals surface area contributed by atoms with Crippen molar-refractivity contribution in [3.05, 3.63) is 50.6 Å². The van der Waals surface area contributed by atoms with Crippen molar-refractivity contribution in [2.45, 2.75) is 19.5 Å². The third-order valence-corrected chi connectivity index (χ3v) is 3.83. The summed E-state index contributed by atoms with van der Waals surface area (Å²) >= 11 is 1.08. The molecule has 4 N–H and O–H groups in total. The van der Waals surface area contributed by atoms with Crippen LogP contribution in [-0.4, -0.2) is 18.1 Å². The third kappa shape index (κ3) is 4.44. The first-order valence-electron chi connectivity index (χ1n) is 6.57. The van der Waals surface area contributed by atoms with E-state index >= 15 is 0 Å². The molecule has 7 heteroatoms. The summed E-state index contributed by atoms with van der Waals surface area (Å²) in [6.45, 7) is 2.36. The molecule has 0 radical (unpaired) electrons. The quantitative estimate of drug-likeness (QED) is 0.682. The normalized spacial score (nSPS) is 11.9. The number of aromatic nitrogens is 1. The Labute approximate surface area is 126 Å². The number of urea groups is 1. The van der Waals surface area contributed by atoms with Crippen LogP contribution in [0.2, 0.25) is 0 Å². The topological polar surface area (TPSA) is 86.0 Å².